The average Bonchev–Trinajstić information content (AvgIpc) is 3.11. The summed E-state index contributed by atoms with van der Waals surface area (Å²) in [6.45, 7) is 1.94. The van der Waals surface area contributed by atoms with Crippen LogP contribution >= 0.6 is 0 Å². The summed E-state index contributed by atoms with van der Waals surface area (Å²) in [5, 5.41) is 9.33. The van der Waals surface area contributed by atoms with Crippen LogP contribution in [0.1, 0.15) is 17.7 Å². The summed E-state index contributed by atoms with van der Waals surface area (Å²) in [5.74, 6) is 0. The molecule has 2 aromatic heterocycles. The summed E-state index contributed by atoms with van der Waals surface area (Å²) in [4.78, 5) is 3.33. The van der Waals surface area contributed by atoms with Crippen LogP contribution < -0.4 is 5.32 Å². The van der Waals surface area contributed by atoms with Gasteiger partial charge in [0.25, 0.3) is 0 Å². The minimum absolute atomic E-state index is 0.549. The van der Waals surface area contributed by atoms with Gasteiger partial charge in [0.05, 0.1) is 0 Å². The summed E-state index contributed by atoms with van der Waals surface area (Å²) >= 11 is 0. The van der Waals surface area contributed by atoms with Gasteiger partial charge in [-0.15, -0.1) is 0 Å². The molecule has 0 aliphatic carbocycles. The van der Waals surface area contributed by atoms with Crippen LogP contribution in [0.15, 0.2) is 42.7 Å². The normalized spacial score (nSPS) is 18.3. The molecule has 0 radical (unpaired) electrons. The third-order valence-corrected chi connectivity index (χ3v) is 4.21. The highest BCUT2D eigenvalue weighted by molar-refractivity contribution is 5.82. The molecule has 0 saturated carbocycles. The predicted molar refractivity (Wildman–Crippen MR) is 79.5 cm³/mol. The highest BCUT2D eigenvalue weighted by Gasteiger charge is 2.18. The zero-order chi connectivity index (χ0) is 13.4. The van der Waals surface area contributed by atoms with Gasteiger partial charge in [-0.3, -0.25) is 4.68 Å². The minimum Gasteiger partial charge on any atom is -0.361 e. The largest absolute Gasteiger partial charge is 0.361 e. The van der Waals surface area contributed by atoms with E-state index in [0.717, 1.165) is 25.9 Å². The lowest BCUT2D eigenvalue weighted by Crippen LogP contribution is -2.36. The van der Waals surface area contributed by atoms with Crippen molar-refractivity contribution < 1.29 is 0 Å². The first-order valence-corrected chi connectivity index (χ1v) is 7.19. The highest BCUT2D eigenvalue weighted by atomic mass is 15.3. The Morgan fingerprint density at radius 1 is 1.30 bits per heavy atom. The topological polar surface area (TPSA) is 45.6 Å². The van der Waals surface area contributed by atoms with Crippen LogP contribution in [0.2, 0.25) is 0 Å². The Kier molecular flexibility index (Phi) is 2.81. The maximum absolute atomic E-state index is 4.33. The van der Waals surface area contributed by atoms with Crippen LogP contribution in [0.3, 0.4) is 0 Å². The fourth-order valence-electron chi connectivity index (χ4n) is 3.07. The van der Waals surface area contributed by atoms with Gasteiger partial charge in [0.1, 0.15) is 0 Å². The fraction of sp³-hybridized carbons (Fsp3) is 0.312. The molecule has 1 aliphatic heterocycles. The van der Waals surface area contributed by atoms with E-state index in [1.807, 2.05) is 6.20 Å². The van der Waals surface area contributed by atoms with Gasteiger partial charge in [-0.05, 0) is 24.1 Å². The lowest BCUT2D eigenvalue weighted by molar-refractivity contribution is 0.379. The number of aromatic nitrogens is 3. The van der Waals surface area contributed by atoms with Crippen LogP contribution in [-0.2, 0) is 19.5 Å². The van der Waals surface area contributed by atoms with Crippen molar-refractivity contribution in [3.8, 4) is 0 Å². The van der Waals surface area contributed by atoms with Gasteiger partial charge in [-0.2, -0.15) is 5.10 Å². The van der Waals surface area contributed by atoms with E-state index >= 15 is 0 Å². The SMILES string of the molecule is c1ccc2c(CNC3CCn4nccc4C3)c[nH]c2c1. The number of aryl methyl sites for hydroxylation is 1. The zero-order valence-corrected chi connectivity index (χ0v) is 11.3. The Bertz CT molecular complexity index is 725. The monoisotopic (exact) mass is 266 g/mol. The van der Waals surface area contributed by atoms with Gasteiger partial charge in [0.2, 0.25) is 0 Å². The molecule has 4 nitrogen and oxygen atoms in total. The van der Waals surface area contributed by atoms with E-state index in [-0.39, 0.29) is 0 Å². The Labute approximate surface area is 117 Å². The smallest absolute Gasteiger partial charge is 0.0492 e. The number of aromatic amines is 1. The number of nitrogens with zero attached hydrogens (tertiary/aromatic N) is 2. The van der Waals surface area contributed by atoms with E-state index in [4.69, 9.17) is 0 Å². The van der Waals surface area contributed by atoms with Gasteiger partial charge < -0.3 is 10.3 Å². The highest BCUT2D eigenvalue weighted by Crippen LogP contribution is 2.19. The summed E-state index contributed by atoms with van der Waals surface area (Å²) in [5.41, 5.74) is 3.90. The molecule has 102 valence electrons. The zero-order valence-electron chi connectivity index (χ0n) is 11.3. The number of hydrogen-bond acceptors (Lipinski definition) is 2. The van der Waals surface area contributed by atoms with Crippen LogP contribution in [0.5, 0.6) is 0 Å². The quantitative estimate of drug-likeness (QED) is 0.765. The Morgan fingerprint density at radius 2 is 2.25 bits per heavy atom. The molecular formula is C16H18N4. The van der Waals surface area contributed by atoms with Crippen molar-refractivity contribution in [1.29, 1.82) is 0 Å². The number of H-pyrrole nitrogens is 1. The van der Waals surface area contributed by atoms with E-state index in [9.17, 15) is 0 Å². The van der Waals surface area contributed by atoms with Gasteiger partial charge in [-0.25, -0.2) is 0 Å². The Morgan fingerprint density at radius 3 is 3.25 bits per heavy atom. The molecule has 20 heavy (non-hydrogen) atoms. The summed E-state index contributed by atoms with van der Waals surface area (Å²) in [6, 6.07) is 11.1. The molecule has 3 aromatic rings. The number of hydrogen-bond donors (Lipinski definition) is 2. The molecule has 4 rings (SSSR count). The Hall–Kier alpha value is -2.07. The second-order valence-corrected chi connectivity index (χ2v) is 5.48. The molecule has 2 N–H and O–H groups in total. The van der Waals surface area contributed by atoms with Crippen molar-refractivity contribution in [1.82, 2.24) is 20.1 Å². The van der Waals surface area contributed by atoms with Gasteiger partial charge >= 0.3 is 0 Å². The van der Waals surface area contributed by atoms with Gasteiger partial charge in [0.15, 0.2) is 0 Å². The van der Waals surface area contributed by atoms with Crippen LogP contribution in [0.4, 0.5) is 0 Å². The van der Waals surface area contributed by atoms with E-state index in [2.05, 4.69) is 56.6 Å². The molecule has 1 unspecified atom stereocenters. The minimum atomic E-state index is 0.549. The van der Waals surface area contributed by atoms with E-state index in [0.29, 0.717) is 6.04 Å². The van der Waals surface area contributed by atoms with E-state index in [1.54, 1.807) is 0 Å². The number of para-hydroxylation sites is 1. The van der Waals surface area contributed by atoms with Crippen molar-refractivity contribution in [3.63, 3.8) is 0 Å². The number of rotatable bonds is 3. The predicted octanol–water partition coefficient (Wildman–Crippen LogP) is 2.47. The summed E-state index contributed by atoms with van der Waals surface area (Å²) < 4.78 is 2.11. The molecule has 1 atom stereocenters. The fourth-order valence-corrected chi connectivity index (χ4v) is 3.07. The van der Waals surface area contributed by atoms with Crippen molar-refractivity contribution >= 4 is 10.9 Å². The molecule has 3 heterocycles. The van der Waals surface area contributed by atoms with Crippen molar-refractivity contribution in [2.75, 3.05) is 0 Å². The molecule has 0 fully saturated rings. The third kappa shape index (κ3) is 2.02. The first-order chi connectivity index (χ1) is 9.90. The van der Waals surface area contributed by atoms with Gasteiger partial charge in [-0.1, -0.05) is 18.2 Å². The van der Waals surface area contributed by atoms with Crippen LogP contribution in [-0.4, -0.2) is 20.8 Å². The standard InChI is InChI=1S/C16H18N4/c1-2-4-16-15(3-1)12(11-18-16)10-17-13-6-8-20-14(9-13)5-7-19-20/h1-5,7,11,13,17-18H,6,8-10H2. The Balaban J connectivity index is 1.46. The number of benzene rings is 1. The van der Waals surface area contributed by atoms with Crippen LogP contribution in [0, 0.1) is 0 Å². The summed E-state index contributed by atoms with van der Waals surface area (Å²) in [6.07, 6.45) is 6.24. The van der Waals surface area contributed by atoms with Gasteiger partial charge in [0, 0.05) is 54.5 Å². The maximum atomic E-state index is 4.33. The molecule has 0 bridgehead atoms. The maximum Gasteiger partial charge on any atom is 0.0492 e. The first kappa shape index (κ1) is 11.7. The van der Waals surface area contributed by atoms with Crippen LogP contribution in [0.25, 0.3) is 10.9 Å². The van der Waals surface area contributed by atoms with Crippen molar-refractivity contribution in [3.05, 3.63) is 54.0 Å². The molecule has 0 amide bonds. The lowest BCUT2D eigenvalue weighted by atomic mass is 10.0. The lowest BCUT2D eigenvalue weighted by Gasteiger charge is -2.24. The first-order valence-electron chi connectivity index (χ1n) is 7.19. The number of fused-ring (bicyclic) bond motifs is 2. The molecule has 0 saturated heterocycles. The van der Waals surface area contributed by atoms with Crippen molar-refractivity contribution in [2.24, 2.45) is 0 Å². The molecule has 1 aliphatic rings. The average molecular weight is 266 g/mol. The van der Waals surface area contributed by atoms with E-state index in [1.165, 1.54) is 22.2 Å². The number of nitrogens with one attached hydrogen (secondary N) is 2. The second-order valence-electron chi connectivity index (χ2n) is 5.48. The van der Waals surface area contributed by atoms with Crippen molar-refractivity contribution in [2.45, 2.75) is 32.0 Å². The third-order valence-electron chi connectivity index (χ3n) is 4.21. The molecule has 1 aromatic carbocycles. The molecule has 4 heteroatoms. The molecule has 0 spiro atoms. The second kappa shape index (κ2) is 4.80. The molecular weight excluding hydrogens is 248 g/mol. The van der Waals surface area contributed by atoms with E-state index < -0.39 is 0 Å². The summed E-state index contributed by atoms with van der Waals surface area (Å²) in [7, 11) is 0.